The van der Waals surface area contributed by atoms with Gasteiger partial charge in [-0.3, -0.25) is 0 Å². The number of hydrogen-bond acceptors (Lipinski definition) is 8. The molecular weight excluding hydrogens is 350 g/mol. The molecule has 0 bridgehead atoms. The Labute approximate surface area is 154 Å². The maximum atomic E-state index is 5.73. The zero-order chi connectivity index (χ0) is 18.0. The number of nitrogens with two attached hydrogens (primary N) is 1. The fourth-order valence-corrected chi connectivity index (χ4v) is 2.56. The van der Waals surface area contributed by atoms with Crippen molar-refractivity contribution in [2.75, 3.05) is 5.73 Å². The predicted molar refractivity (Wildman–Crippen MR) is 102 cm³/mol. The van der Waals surface area contributed by atoms with Crippen LogP contribution in [0.3, 0.4) is 0 Å². The first-order valence-corrected chi connectivity index (χ1v) is 8.39. The highest BCUT2D eigenvalue weighted by Crippen LogP contribution is 2.25. The van der Waals surface area contributed by atoms with E-state index in [0.717, 1.165) is 17.0 Å². The number of rotatable bonds is 7. The number of ether oxygens (including phenoxy) is 1. The summed E-state index contributed by atoms with van der Waals surface area (Å²) >= 11 is 1.47. The molecule has 130 valence electrons. The van der Waals surface area contributed by atoms with Gasteiger partial charge in [-0.05, 0) is 59.4 Å². The largest absolute Gasteiger partial charge is 0.440 e. The molecule has 3 rings (SSSR count). The summed E-state index contributed by atoms with van der Waals surface area (Å²) in [5.41, 5.74) is 6.98. The molecule has 0 spiro atoms. The van der Waals surface area contributed by atoms with Crippen LogP contribution in [0.15, 0.2) is 87.2 Å². The number of aliphatic imine (C=N–C) groups is 1. The van der Waals surface area contributed by atoms with E-state index in [9.17, 15) is 0 Å². The molecule has 0 amide bonds. The summed E-state index contributed by atoms with van der Waals surface area (Å²) in [5.74, 6) is 0.507. The van der Waals surface area contributed by atoms with E-state index in [0.29, 0.717) is 16.6 Å². The summed E-state index contributed by atoms with van der Waals surface area (Å²) in [5, 5.41) is 4.32. The molecule has 0 atom stereocenters. The van der Waals surface area contributed by atoms with Crippen molar-refractivity contribution in [2.24, 2.45) is 10.1 Å². The average Bonchev–Trinajstić information content (AvgIpc) is 2.68. The molecule has 7 nitrogen and oxygen atoms in total. The molecular formula is C18H15N5O2S. The Bertz CT molecular complexity index is 886. The molecule has 0 aliphatic carbocycles. The van der Waals surface area contributed by atoms with Crippen LogP contribution in [0.25, 0.3) is 0 Å². The van der Waals surface area contributed by atoms with E-state index in [-0.39, 0.29) is 0 Å². The minimum atomic E-state index is 0.507. The van der Waals surface area contributed by atoms with Crippen LogP contribution in [-0.4, -0.2) is 22.8 Å². The van der Waals surface area contributed by atoms with Gasteiger partial charge in [0, 0.05) is 17.3 Å². The van der Waals surface area contributed by atoms with Crippen molar-refractivity contribution in [3.05, 3.63) is 67.0 Å². The number of aromatic nitrogens is 2. The van der Waals surface area contributed by atoms with Crippen molar-refractivity contribution in [1.82, 2.24) is 9.97 Å². The molecule has 8 heteroatoms. The second kappa shape index (κ2) is 9.19. The summed E-state index contributed by atoms with van der Waals surface area (Å²) in [6, 6.07) is 16.5. The minimum Gasteiger partial charge on any atom is -0.440 e. The van der Waals surface area contributed by atoms with Gasteiger partial charge in [0.1, 0.15) is 0 Å². The Morgan fingerprint density at radius 1 is 0.923 bits per heavy atom. The van der Waals surface area contributed by atoms with Gasteiger partial charge < -0.3 is 15.3 Å². The van der Waals surface area contributed by atoms with E-state index in [1.807, 2.05) is 36.4 Å². The molecule has 0 unspecified atom stereocenters. The van der Waals surface area contributed by atoms with E-state index in [1.54, 1.807) is 30.6 Å². The van der Waals surface area contributed by atoms with E-state index < -0.39 is 0 Å². The zero-order valence-electron chi connectivity index (χ0n) is 13.6. The maximum absolute atomic E-state index is 5.73. The van der Waals surface area contributed by atoms with Gasteiger partial charge in [-0.15, -0.1) is 0 Å². The topological polar surface area (TPSA) is 95.0 Å². The molecule has 2 N–H and O–H groups in total. The monoisotopic (exact) mass is 365 g/mol. The highest BCUT2D eigenvalue weighted by atomic mass is 32.2. The van der Waals surface area contributed by atoms with E-state index in [2.05, 4.69) is 20.1 Å². The summed E-state index contributed by atoms with van der Waals surface area (Å²) in [7, 11) is 0. The van der Waals surface area contributed by atoms with Gasteiger partial charge in [-0.2, -0.15) is 0 Å². The van der Waals surface area contributed by atoms with Gasteiger partial charge in [0.05, 0.1) is 11.4 Å². The fourth-order valence-electron chi connectivity index (χ4n) is 1.85. The predicted octanol–water partition coefficient (Wildman–Crippen LogP) is 3.91. The van der Waals surface area contributed by atoms with Gasteiger partial charge >= 0.3 is 0 Å². The number of oxime groups is 1. The normalized spacial score (nSPS) is 11.1. The van der Waals surface area contributed by atoms with Crippen molar-refractivity contribution in [2.45, 2.75) is 10.1 Å². The van der Waals surface area contributed by atoms with Gasteiger partial charge in [0.2, 0.25) is 12.8 Å². The quantitative estimate of drug-likeness (QED) is 0.224. The lowest BCUT2D eigenvalue weighted by Gasteiger charge is -2.01. The molecule has 1 aromatic heterocycles. The van der Waals surface area contributed by atoms with E-state index >= 15 is 0 Å². The summed E-state index contributed by atoms with van der Waals surface area (Å²) in [6.07, 6.45) is 5.79. The first-order valence-electron chi connectivity index (χ1n) is 7.57. The Kier molecular flexibility index (Phi) is 6.16. The smallest absolute Gasteiger partial charge is 0.219 e. The summed E-state index contributed by atoms with van der Waals surface area (Å²) < 4.78 is 5.24. The van der Waals surface area contributed by atoms with Gasteiger partial charge in [0.15, 0.2) is 10.9 Å². The van der Waals surface area contributed by atoms with Crippen LogP contribution in [0.1, 0.15) is 0 Å². The number of nitrogen functional groups attached to an aromatic ring is 1. The highest BCUT2D eigenvalue weighted by Gasteiger charge is 1.99. The zero-order valence-corrected chi connectivity index (χ0v) is 14.4. The Balaban J connectivity index is 1.46. The van der Waals surface area contributed by atoms with Crippen LogP contribution in [0, 0.1) is 0 Å². The standard InChI is InChI=1S/C18H15N5O2S/c19-16-4-1-2-5-17(16)24-13-23-25-12-22-14-6-8-15(9-7-14)26-18-20-10-3-11-21-18/h1-13H,19H2/b22-12?,23-13+. The molecule has 26 heavy (non-hydrogen) atoms. The van der Waals surface area contributed by atoms with Gasteiger partial charge in [-0.25, -0.2) is 15.0 Å². The second-order valence-electron chi connectivity index (χ2n) is 4.83. The summed E-state index contributed by atoms with van der Waals surface area (Å²) in [4.78, 5) is 18.4. The fraction of sp³-hybridized carbons (Fsp3) is 0. The number of benzene rings is 2. The Morgan fingerprint density at radius 3 is 2.46 bits per heavy atom. The summed E-state index contributed by atoms with van der Waals surface area (Å²) in [6.45, 7) is 0. The van der Waals surface area contributed by atoms with Crippen LogP contribution in [0.4, 0.5) is 11.4 Å². The maximum Gasteiger partial charge on any atom is 0.219 e. The van der Waals surface area contributed by atoms with Crippen LogP contribution in [-0.2, 0) is 4.84 Å². The van der Waals surface area contributed by atoms with Crippen molar-refractivity contribution in [3.63, 3.8) is 0 Å². The third-order valence-corrected chi connectivity index (χ3v) is 3.94. The van der Waals surface area contributed by atoms with Crippen molar-refractivity contribution >= 4 is 35.9 Å². The van der Waals surface area contributed by atoms with Crippen molar-refractivity contribution in [1.29, 1.82) is 0 Å². The van der Waals surface area contributed by atoms with E-state index in [4.69, 9.17) is 15.3 Å². The number of para-hydroxylation sites is 2. The Hall–Kier alpha value is -3.39. The molecule has 0 aliphatic rings. The van der Waals surface area contributed by atoms with Crippen molar-refractivity contribution < 1.29 is 9.57 Å². The Morgan fingerprint density at radius 2 is 1.69 bits per heavy atom. The first-order chi connectivity index (χ1) is 12.8. The lowest BCUT2D eigenvalue weighted by Crippen LogP contribution is -1.95. The van der Waals surface area contributed by atoms with Crippen molar-refractivity contribution in [3.8, 4) is 5.75 Å². The molecule has 0 fully saturated rings. The van der Waals surface area contributed by atoms with E-state index in [1.165, 1.54) is 18.2 Å². The van der Waals surface area contributed by atoms with Crippen LogP contribution < -0.4 is 10.5 Å². The van der Waals surface area contributed by atoms with Crippen LogP contribution >= 0.6 is 11.8 Å². The number of nitrogens with zero attached hydrogens (tertiary/aromatic N) is 4. The third-order valence-electron chi connectivity index (χ3n) is 3.04. The molecule has 0 saturated heterocycles. The SMILES string of the molecule is Nc1ccccc1O/C=N/OC=Nc1ccc(Sc2ncccn2)cc1. The highest BCUT2D eigenvalue weighted by molar-refractivity contribution is 7.99. The van der Waals surface area contributed by atoms with Crippen LogP contribution in [0.2, 0.25) is 0 Å². The molecule has 0 radical (unpaired) electrons. The molecule has 2 aromatic carbocycles. The lowest BCUT2D eigenvalue weighted by molar-refractivity contribution is 0.335. The van der Waals surface area contributed by atoms with Gasteiger partial charge in [0.25, 0.3) is 0 Å². The lowest BCUT2D eigenvalue weighted by atomic mass is 10.3. The number of anilines is 1. The molecule has 3 aromatic rings. The average molecular weight is 365 g/mol. The molecule has 0 aliphatic heterocycles. The third kappa shape index (κ3) is 5.32. The molecule has 1 heterocycles. The first kappa shape index (κ1) is 17.4. The van der Waals surface area contributed by atoms with Gasteiger partial charge in [-0.1, -0.05) is 12.1 Å². The molecule has 0 saturated carbocycles. The number of hydrogen-bond donors (Lipinski definition) is 1. The second-order valence-corrected chi connectivity index (χ2v) is 5.87. The van der Waals surface area contributed by atoms with Crippen LogP contribution in [0.5, 0.6) is 5.75 Å². The minimum absolute atomic E-state index is 0.507.